The van der Waals surface area contributed by atoms with Crippen LogP contribution in [0.4, 0.5) is 0 Å². The van der Waals surface area contributed by atoms with Crippen LogP contribution in [0, 0.1) is 5.92 Å². The minimum atomic E-state index is -0.571. The van der Waals surface area contributed by atoms with E-state index < -0.39 is 6.04 Å². The summed E-state index contributed by atoms with van der Waals surface area (Å²) in [6, 6.07) is 5.69. The topological polar surface area (TPSA) is 105 Å². The zero-order valence-corrected chi connectivity index (χ0v) is 18.4. The number of hydrogen-bond donors (Lipinski definition) is 2. The smallest absolute Gasteiger partial charge is 0.255 e. The first kappa shape index (κ1) is 21.6. The van der Waals surface area contributed by atoms with Gasteiger partial charge in [0.15, 0.2) is 0 Å². The first-order chi connectivity index (χ1) is 15.5. The number of imide groups is 1. The Labute approximate surface area is 188 Å². The van der Waals surface area contributed by atoms with Gasteiger partial charge >= 0.3 is 0 Å². The summed E-state index contributed by atoms with van der Waals surface area (Å²) < 4.78 is 6.00. The van der Waals surface area contributed by atoms with Crippen molar-refractivity contribution in [2.24, 2.45) is 11.7 Å². The van der Waals surface area contributed by atoms with Gasteiger partial charge in [0.05, 0.1) is 6.10 Å². The van der Waals surface area contributed by atoms with Crippen LogP contribution in [-0.2, 0) is 27.4 Å². The highest BCUT2D eigenvalue weighted by molar-refractivity contribution is 6.05. The van der Waals surface area contributed by atoms with Crippen molar-refractivity contribution in [2.45, 2.75) is 69.8 Å². The standard InChI is InChI=1S/C24H32N4O4/c25-18-8-11-32-20(12-18)15-6-9-27(10-7-15)13-16-2-1-3-17-14-28(24(31)22(16)17)19-4-5-21(29)26-23(19)30/h1-3,15,18-20H,4-14,25H2,(H,26,29,30). The molecule has 5 rings (SSSR count). The molecule has 0 bridgehead atoms. The van der Waals surface area contributed by atoms with Crippen LogP contribution in [0.5, 0.6) is 0 Å². The fourth-order valence-corrected chi connectivity index (χ4v) is 5.73. The molecule has 172 valence electrons. The summed E-state index contributed by atoms with van der Waals surface area (Å²) in [6.45, 7) is 3.89. The Kier molecular flexibility index (Phi) is 6.01. The average molecular weight is 441 g/mol. The molecular weight excluding hydrogens is 408 g/mol. The third-order valence-corrected chi connectivity index (χ3v) is 7.55. The number of benzene rings is 1. The number of nitrogens with zero attached hydrogens (tertiary/aromatic N) is 2. The van der Waals surface area contributed by atoms with Crippen molar-refractivity contribution in [3.05, 3.63) is 34.9 Å². The van der Waals surface area contributed by atoms with Crippen LogP contribution < -0.4 is 11.1 Å². The maximum atomic E-state index is 13.3. The summed E-state index contributed by atoms with van der Waals surface area (Å²) in [6.07, 6.45) is 5.03. The molecule has 8 heteroatoms. The van der Waals surface area contributed by atoms with Gasteiger partial charge in [-0.15, -0.1) is 0 Å². The molecule has 3 unspecified atom stereocenters. The normalized spacial score (nSPS) is 29.8. The van der Waals surface area contributed by atoms with E-state index in [9.17, 15) is 14.4 Å². The number of piperidine rings is 2. The van der Waals surface area contributed by atoms with Crippen LogP contribution in [0.25, 0.3) is 0 Å². The van der Waals surface area contributed by atoms with Gasteiger partial charge in [-0.1, -0.05) is 18.2 Å². The number of ether oxygens (including phenoxy) is 1. The van der Waals surface area contributed by atoms with Crippen LogP contribution >= 0.6 is 0 Å². The number of nitrogens with one attached hydrogen (secondary N) is 1. The Morgan fingerprint density at radius 2 is 1.91 bits per heavy atom. The van der Waals surface area contributed by atoms with Crippen molar-refractivity contribution >= 4 is 17.7 Å². The number of nitrogens with two attached hydrogens (primary N) is 1. The molecule has 4 aliphatic rings. The number of carbonyl (C=O) groups excluding carboxylic acids is 3. The van der Waals surface area contributed by atoms with E-state index in [0.717, 1.165) is 68.6 Å². The SMILES string of the molecule is NC1CCOC(C2CCN(Cc3cccc4c3C(=O)N(C3CCC(=O)NC3=O)C4)CC2)C1. The Hall–Kier alpha value is -2.29. The minimum absolute atomic E-state index is 0.0930. The predicted molar refractivity (Wildman–Crippen MR) is 117 cm³/mol. The molecule has 0 aliphatic carbocycles. The lowest BCUT2D eigenvalue weighted by Gasteiger charge is -2.39. The van der Waals surface area contributed by atoms with Crippen molar-refractivity contribution in [3.63, 3.8) is 0 Å². The van der Waals surface area contributed by atoms with E-state index >= 15 is 0 Å². The average Bonchev–Trinajstić information content (AvgIpc) is 3.11. The minimum Gasteiger partial charge on any atom is -0.378 e. The summed E-state index contributed by atoms with van der Waals surface area (Å²) in [4.78, 5) is 41.1. The molecule has 8 nitrogen and oxygen atoms in total. The predicted octanol–water partition coefficient (Wildman–Crippen LogP) is 1.17. The molecule has 32 heavy (non-hydrogen) atoms. The van der Waals surface area contributed by atoms with Crippen LogP contribution in [0.3, 0.4) is 0 Å². The maximum absolute atomic E-state index is 13.3. The number of likely N-dealkylation sites (tertiary alicyclic amines) is 1. The summed E-state index contributed by atoms with van der Waals surface area (Å²) in [7, 11) is 0. The van der Waals surface area contributed by atoms with Crippen molar-refractivity contribution in [2.75, 3.05) is 19.7 Å². The molecule has 3 amide bonds. The van der Waals surface area contributed by atoms with E-state index in [1.54, 1.807) is 4.90 Å². The zero-order chi connectivity index (χ0) is 22.2. The van der Waals surface area contributed by atoms with E-state index in [-0.39, 0.29) is 36.3 Å². The van der Waals surface area contributed by atoms with Crippen molar-refractivity contribution < 1.29 is 19.1 Å². The molecule has 3 fully saturated rings. The van der Waals surface area contributed by atoms with Gasteiger partial charge in [0.1, 0.15) is 6.04 Å². The molecule has 0 aromatic heterocycles. The molecule has 1 aromatic carbocycles. The summed E-state index contributed by atoms with van der Waals surface area (Å²) in [5.74, 6) is -0.163. The Balaban J connectivity index is 1.23. The first-order valence-corrected chi connectivity index (χ1v) is 11.8. The van der Waals surface area contributed by atoms with Crippen molar-refractivity contribution in [1.82, 2.24) is 15.1 Å². The number of hydrogen-bond acceptors (Lipinski definition) is 6. The quantitative estimate of drug-likeness (QED) is 0.681. The van der Waals surface area contributed by atoms with E-state index in [2.05, 4.69) is 10.2 Å². The lowest BCUT2D eigenvalue weighted by Crippen LogP contribution is -2.52. The number of fused-ring (bicyclic) bond motifs is 1. The van der Waals surface area contributed by atoms with E-state index in [1.807, 2.05) is 18.2 Å². The number of rotatable bonds is 4. The second-order valence-corrected chi connectivity index (χ2v) is 9.66. The molecule has 1 aromatic rings. The third kappa shape index (κ3) is 4.19. The number of carbonyl (C=O) groups is 3. The third-order valence-electron chi connectivity index (χ3n) is 7.55. The Morgan fingerprint density at radius 1 is 1.09 bits per heavy atom. The van der Waals surface area contributed by atoms with Gasteiger partial charge in [0.2, 0.25) is 11.8 Å². The van der Waals surface area contributed by atoms with Crippen LogP contribution in [-0.4, -0.2) is 65.4 Å². The Morgan fingerprint density at radius 3 is 2.66 bits per heavy atom. The first-order valence-electron chi connectivity index (χ1n) is 11.8. The summed E-state index contributed by atoms with van der Waals surface area (Å²) >= 11 is 0. The van der Waals surface area contributed by atoms with Crippen molar-refractivity contribution in [1.29, 1.82) is 0 Å². The fraction of sp³-hybridized carbons (Fsp3) is 0.625. The molecule has 0 spiro atoms. The highest BCUT2D eigenvalue weighted by atomic mass is 16.5. The summed E-state index contributed by atoms with van der Waals surface area (Å²) in [5, 5.41) is 2.37. The lowest BCUT2D eigenvalue weighted by atomic mass is 9.86. The van der Waals surface area contributed by atoms with E-state index in [4.69, 9.17) is 10.5 Å². The van der Waals surface area contributed by atoms with Gasteiger partial charge in [-0.3, -0.25) is 24.6 Å². The van der Waals surface area contributed by atoms with Gasteiger partial charge in [0, 0.05) is 37.7 Å². The molecule has 0 saturated carbocycles. The Bertz CT molecular complexity index is 911. The monoisotopic (exact) mass is 440 g/mol. The number of amides is 3. The summed E-state index contributed by atoms with van der Waals surface area (Å²) in [5.41, 5.74) is 8.87. The molecule has 0 radical (unpaired) electrons. The molecule has 4 heterocycles. The largest absolute Gasteiger partial charge is 0.378 e. The molecule has 4 aliphatic heterocycles. The van der Waals surface area contributed by atoms with Gasteiger partial charge in [0.25, 0.3) is 5.91 Å². The fourth-order valence-electron chi connectivity index (χ4n) is 5.73. The van der Waals surface area contributed by atoms with Crippen LogP contribution in [0.2, 0.25) is 0 Å². The highest BCUT2D eigenvalue weighted by Crippen LogP contribution is 2.32. The second-order valence-electron chi connectivity index (χ2n) is 9.66. The lowest BCUT2D eigenvalue weighted by molar-refractivity contribution is -0.136. The van der Waals surface area contributed by atoms with Crippen LogP contribution in [0.1, 0.15) is 60.0 Å². The van der Waals surface area contributed by atoms with Crippen LogP contribution in [0.15, 0.2) is 18.2 Å². The maximum Gasteiger partial charge on any atom is 0.255 e. The highest BCUT2D eigenvalue weighted by Gasteiger charge is 2.40. The second kappa shape index (κ2) is 8.92. The van der Waals surface area contributed by atoms with Gasteiger partial charge in [-0.2, -0.15) is 0 Å². The molecule has 3 saturated heterocycles. The molecular formula is C24H32N4O4. The van der Waals surface area contributed by atoms with Gasteiger partial charge in [-0.05, 0) is 62.2 Å². The van der Waals surface area contributed by atoms with Gasteiger partial charge in [-0.25, -0.2) is 0 Å². The van der Waals surface area contributed by atoms with Crippen molar-refractivity contribution in [3.8, 4) is 0 Å². The molecule has 3 atom stereocenters. The van der Waals surface area contributed by atoms with Gasteiger partial charge < -0.3 is 15.4 Å². The van der Waals surface area contributed by atoms with E-state index in [0.29, 0.717) is 18.9 Å². The van der Waals surface area contributed by atoms with E-state index in [1.165, 1.54) is 0 Å². The zero-order valence-electron chi connectivity index (χ0n) is 18.4. The molecule has 3 N–H and O–H groups in total.